The molecule has 0 saturated carbocycles. The molecule has 0 aliphatic rings. The number of hydrogen-bond donors (Lipinski definition) is 3. The minimum atomic E-state index is -4.27. The number of sulfonamides is 1. The molecule has 1 unspecified atom stereocenters. The van der Waals surface area contributed by atoms with Crippen LogP contribution < -0.4 is 20.1 Å². The number of carbonyl (C=O) groups is 2. The average Bonchev–Trinajstić information content (AvgIpc) is 2.76. The fourth-order valence-corrected chi connectivity index (χ4v) is 4.47. The molecule has 0 aliphatic carbocycles. The van der Waals surface area contributed by atoms with Crippen LogP contribution in [0.25, 0.3) is 0 Å². The smallest absolute Gasteiger partial charge is 0.244 e. The molecule has 0 saturated heterocycles. The topological polar surface area (TPSA) is 114 Å². The Labute approximate surface area is 191 Å². The molecule has 0 fully saturated rings. The number of anilines is 1. The van der Waals surface area contributed by atoms with E-state index in [4.69, 9.17) is 4.74 Å². The summed E-state index contributed by atoms with van der Waals surface area (Å²) in [7, 11) is -4.27. The third kappa shape index (κ3) is 7.81. The average molecular weight is 484 g/mol. The van der Waals surface area contributed by atoms with Gasteiger partial charge in [-0.25, -0.2) is 12.8 Å². The highest BCUT2D eigenvalue weighted by molar-refractivity contribution is 7.98. The summed E-state index contributed by atoms with van der Waals surface area (Å²) in [6, 6.07) is 10.5. The molecule has 1 atom stereocenters. The Kier molecular flexibility index (Phi) is 9.95. The first-order valence-electron chi connectivity index (χ1n) is 9.83. The largest absolute Gasteiger partial charge is 0.494 e. The van der Waals surface area contributed by atoms with Gasteiger partial charge >= 0.3 is 0 Å². The van der Waals surface area contributed by atoms with Crippen LogP contribution in [-0.4, -0.2) is 51.4 Å². The predicted octanol–water partition coefficient (Wildman–Crippen LogP) is 2.38. The molecule has 8 nitrogen and oxygen atoms in total. The standard InChI is InChI=1S/C21H26FN3O5S2/c1-3-30-16-10-8-15(9-11-16)24-20(26)14-23-21(27)18(12-13-31-2)25-32(28,29)19-7-5-4-6-17(19)22/h4-11,18,25H,3,12-14H2,1-2H3,(H,23,27)(H,24,26). The zero-order valence-corrected chi connectivity index (χ0v) is 19.4. The van der Waals surface area contributed by atoms with Crippen molar-refractivity contribution >= 4 is 39.3 Å². The fourth-order valence-electron chi connectivity index (χ4n) is 2.69. The van der Waals surface area contributed by atoms with Gasteiger partial charge in [0, 0.05) is 5.69 Å². The molecule has 0 aliphatic heterocycles. The van der Waals surface area contributed by atoms with E-state index in [1.807, 2.05) is 13.2 Å². The summed E-state index contributed by atoms with van der Waals surface area (Å²) >= 11 is 1.42. The van der Waals surface area contributed by atoms with Crippen molar-refractivity contribution in [3.63, 3.8) is 0 Å². The Morgan fingerprint density at radius 3 is 2.44 bits per heavy atom. The van der Waals surface area contributed by atoms with Crippen LogP contribution in [0.3, 0.4) is 0 Å². The van der Waals surface area contributed by atoms with Gasteiger partial charge in [0.1, 0.15) is 22.5 Å². The van der Waals surface area contributed by atoms with Gasteiger partial charge in [-0.15, -0.1) is 0 Å². The lowest BCUT2D eigenvalue weighted by atomic mass is 10.2. The van der Waals surface area contributed by atoms with Gasteiger partial charge in [-0.05, 0) is 61.8 Å². The van der Waals surface area contributed by atoms with Crippen molar-refractivity contribution in [3.8, 4) is 5.75 Å². The van der Waals surface area contributed by atoms with Crippen LogP contribution in [0.5, 0.6) is 5.75 Å². The van der Waals surface area contributed by atoms with E-state index in [2.05, 4.69) is 15.4 Å². The molecule has 2 aromatic rings. The molecule has 2 aromatic carbocycles. The van der Waals surface area contributed by atoms with E-state index in [0.29, 0.717) is 23.8 Å². The number of amides is 2. The highest BCUT2D eigenvalue weighted by Crippen LogP contribution is 2.16. The normalized spacial score (nSPS) is 12.1. The van der Waals surface area contributed by atoms with Gasteiger partial charge < -0.3 is 15.4 Å². The molecule has 3 N–H and O–H groups in total. The molecule has 0 radical (unpaired) electrons. The summed E-state index contributed by atoms with van der Waals surface area (Å²) in [6.45, 7) is 2.03. The van der Waals surface area contributed by atoms with Crippen LogP contribution in [0.1, 0.15) is 13.3 Å². The van der Waals surface area contributed by atoms with Crippen LogP contribution in [0.4, 0.5) is 10.1 Å². The maximum atomic E-state index is 13.9. The second-order valence-electron chi connectivity index (χ2n) is 6.61. The first-order chi connectivity index (χ1) is 15.3. The number of hydrogen-bond acceptors (Lipinski definition) is 6. The van der Waals surface area contributed by atoms with E-state index < -0.39 is 38.6 Å². The van der Waals surface area contributed by atoms with Crippen LogP contribution in [0, 0.1) is 5.82 Å². The number of benzene rings is 2. The summed E-state index contributed by atoms with van der Waals surface area (Å²) in [5.41, 5.74) is 0.520. The summed E-state index contributed by atoms with van der Waals surface area (Å²) in [6.07, 6.45) is 1.98. The van der Waals surface area contributed by atoms with Crippen LogP contribution in [0.2, 0.25) is 0 Å². The van der Waals surface area contributed by atoms with Gasteiger partial charge in [-0.1, -0.05) is 12.1 Å². The van der Waals surface area contributed by atoms with Crippen molar-refractivity contribution in [1.82, 2.24) is 10.0 Å². The summed E-state index contributed by atoms with van der Waals surface area (Å²) in [4.78, 5) is 24.2. The molecule has 0 bridgehead atoms. The van der Waals surface area contributed by atoms with Crippen molar-refractivity contribution in [3.05, 3.63) is 54.3 Å². The Morgan fingerprint density at radius 2 is 1.81 bits per heavy atom. The number of rotatable bonds is 12. The van der Waals surface area contributed by atoms with E-state index in [1.165, 1.54) is 23.9 Å². The Balaban J connectivity index is 1.98. The molecule has 11 heteroatoms. The van der Waals surface area contributed by atoms with Crippen LogP contribution in [0.15, 0.2) is 53.4 Å². The monoisotopic (exact) mass is 483 g/mol. The van der Waals surface area contributed by atoms with E-state index in [0.717, 1.165) is 12.1 Å². The maximum absolute atomic E-state index is 13.9. The quantitative estimate of drug-likeness (QED) is 0.427. The first-order valence-corrected chi connectivity index (χ1v) is 12.7. The lowest BCUT2D eigenvalue weighted by molar-refractivity contribution is -0.125. The second kappa shape index (κ2) is 12.4. The molecular formula is C21H26FN3O5S2. The fraction of sp³-hybridized carbons (Fsp3) is 0.333. The van der Waals surface area contributed by atoms with Crippen molar-refractivity contribution in [1.29, 1.82) is 0 Å². The summed E-state index contributed by atoms with van der Waals surface area (Å²) in [5.74, 6) is -0.934. The minimum Gasteiger partial charge on any atom is -0.494 e. The SMILES string of the molecule is CCOc1ccc(NC(=O)CNC(=O)C(CCSC)NS(=O)(=O)c2ccccc2F)cc1. The molecule has 32 heavy (non-hydrogen) atoms. The highest BCUT2D eigenvalue weighted by Gasteiger charge is 2.27. The molecule has 0 spiro atoms. The number of nitrogens with one attached hydrogen (secondary N) is 3. The van der Waals surface area contributed by atoms with Crippen molar-refractivity contribution < 1.29 is 27.1 Å². The zero-order valence-electron chi connectivity index (χ0n) is 17.8. The van der Waals surface area contributed by atoms with Crippen molar-refractivity contribution in [2.45, 2.75) is 24.3 Å². The van der Waals surface area contributed by atoms with Gasteiger partial charge in [0.05, 0.1) is 13.2 Å². The zero-order chi connectivity index (χ0) is 23.6. The predicted molar refractivity (Wildman–Crippen MR) is 123 cm³/mol. The van der Waals surface area contributed by atoms with Gasteiger partial charge in [0.2, 0.25) is 21.8 Å². The second-order valence-corrected chi connectivity index (χ2v) is 9.28. The Bertz CT molecular complexity index is 1020. The van der Waals surface area contributed by atoms with E-state index in [1.54, 1.807) is 24.3 Å². The number of halogens is 1. The van der Waals surface area contributed by atoms with Crippen LogP contribution in [-0.2, 0) is 19.6 Å². The highest BCUT2D eigenvalue weighted by atomic mass is 32.2. The minimum absolute atomic E-state index is 0.168. The number of ether oxygens (including phenoxy) is 1. The number of thioether (sulfide) groups is 1. The molecule has 2 rings (SSSR count). The van der Waals surface area contributed by atoms with E-state index in [9.17, 15) is 22.4 Å². The molecule has 174 valence electrons. The Morgan fingerprint density at radius 1 is 1.12 bits per heavy atom. The third-order valence-electron chi connectivity index (χ3n) is 4.22. The Hall–Kier alpha value is -2.63. The first kappa shape index (κ1) is 25.6. The summed E-state index contributed by atoms with van der Waals surface area (Å²) < 4.78 is 46.6. The van der Waals surface area contributed by atoms with Gasteiger partial charge in [0.25, 0.3) is 0 Å². The third-order valence-corrected chi connectivity index (χ3v) is 6.37. The molecular weight excluding hydrogens is 457 g/mol. The number of carbonyl (C=O) groups excluding carboxylic acids is 2. The van der Waals surface area contributed by atoms with Gasteiger partial charge in [0.15, 0.2) is 0 Å². The van der Waals surface area contributed by atoms with Gasteiger partial charge in [-0.2, -0.15) is 16.5 Å². The molecule has 0 heterocycles. The van der Waals surface area contributed by atoms with Crippen molar-refractivity contribution in [2.75, 3.05) is 30.5 Å². The van der Waals surface area contributed by atoms with Crippen molar-refractivity contribution in [2.24, 2.45) is 0 Å². The maximum Gasteiger partial charge on any atom is 0.244 e. The lowest BCUT2D eigenvalue weighted by Gasteiger charge is -2.18. The van der Waals surface area contributed by atoms with Gasteiger partial charge in [-0.3, -0.25) is 9.59 Å². The van der Waals surface area contributed by atoms with E-state index >= 15 is 0 Å². The molecule has 2 amide bonds. The van der Waals surface area contributed by atoms with E-state index in [-0.39, 0.29) is 13.0 Å². The van der Waals surface area contributed by atoms with Crippen LogP contribution >= 0.6 is 11.8 Å². The lowest BCUT2D eigenvalue weighted by Crippen LogP contribution is -2.48. The summed E-state index contributed by atoms with van der Waals surface area (Å²) in [5, 5.41) is 5.06. The molecule has 0 aromatic heterocycles.